The lowest BCUT2D eigenvalue weighted by molar-refractivity contribution is 0.414. The van der Waals surface area contributed by atoms with E-state index >= 15 is 0 Å². The van der Waals surface area contributed by atoms with Crippen molar-refractivity contribution in [3.05, 3.63) is 63.2 Å². The summed E-state index contributed by atoms with van der Waals surface area (Å²) in [5.41, 5.74) is 2.54. The number of benzene rings is 2. The van der Waals surface area contributed by atoms with Crippen molar-refractivity contribution >= 4 is 22.6 Å². The van der Waals surface area contributed by atoms with Crippen LogP contribution in [0.25, 0.3) is 0 Å². The molecule has 0 amide bonds. The van der Waals surface area contributed by atoms with Gasteiger partial charge in [0.2, 0.25) is 0 Å². The minimum absolute atomic E-state index is 0.212. The molecule has 0 aliphatic heterocycles. The number of halogens is 1. The summed E-state index contributed by atoms with van der Waals surface area (Å²) in [7, 11) is 3.67. The van der Waals surface area contributed by atoms with E-state index < -0.39 is 0 Å². The molecular formula is C15H16INO. The lowest BCUT2D eigenvalue weighted by Gasteiger charge is -2.19. The van der Waals surface area contributed by atoms with E-state index in [1.54, 1.807) is 7.11 Å². The van der Waals surface area contributed by atoms with E-state index in [1.165, 1.54) is 14.7 Å². The number of hydrogen-bond acceptors (Lipinski definition) is 2. The lowest BCUT2D eigenvalue weighted by atomic mass is 9.99. The normalized spacial score (nSPS) is 12.2. The Bertz CT molecular complexity index is 510. The van der Waals surface area contributed by atoms with Crippen molar-refractivity contribution in [1.82, 2.24) is 5.32 Å². The van der Waals surface area contributed by atoms with E-state index in [0.717, 1.165) is 5.75 Å². The molecule has 0 saturated carbocycles. The average Bonchev–Trinajstić information content (AvgIpc) is 2.42. The van der Waals surface area contributed by atoms with Gasteiger partial charge < -0.3 is 10.1 Å². The third-order valence-corrected chi connectivity index (χ3v) is 3.94. The maximum Gasteiger partial charge on any atom is 0.118 e. The summed E-state index contributed by atoms with van der Waals surface area (Å²) in [6.07, 6.45) is 0. The summed E-state index contributed by atoms with van der Waals surface area (Å²) >= 11 is 2.38. The van der Waals surface area contributed by atoms with Gasteiger partial charge in [0.05, 0.1) is 13.2 Å². The van der Waals surface area contributed by atoms with Gasteiger partial charge in [-0.15, -0.1) is 0 Å². The standard InChI is InChI=1S/C15H16INO/c1-17-15(13-5-3-4-6-14(13)16)11-7-9-12(18-2)10-8-11/h3-10,15,17H,1-2H3. The molecule has 0 spiro atoms. The van der Waals surface area contributed by atoms with Gasteiger partial charge in [0, 0.05) is 3.57 Å². The van der Waals surface area contributed by atoms with Gasteiger partial charge in [-0.1, -0.05) is 30.3 Å². The van der Waals surface area contributed by atoms with Crippen molar-refractivity contribution < 1.29 is 4.74 Å². The first kappa shape index (κ1) is 13.4. The Kier molecular flexibility index (Phi) is 4.60. The molecule has 2 nitrogen and oxygen atoms in total. The van der Waals surface area contributed by atoms with Gasteiger partial charge in [0.1, 0.15) is 5.75 Å². The van der Waals surface area contributed by atoms with Crippen molar-refractivity contribution in [2.24, 2.45) is 0 Å². The lowest BCUT2D eigenvalue weighted by Crippen LogP contribution is -2.18. The van der Waals surface area contributed by atoms with Crippen LogP contribution in [0.2, 0.25) is 0 Å². The average molecular weight is 353 g/mol. The summed E-state index contributed by atoms with van der Waals surface area (Å²) < 4.78 is 6.46. The van der Waals surface area contributed by atoms with Crippen molar-refractivity contribution in [1.29, 1.82) is 0 Å². The van der Waals surface area contributed by atoms with Crippen LogP contribution >= 0.6 is 22.6 Å². The number of hydrogen-bond donors (Lipinski definition) is 1. The molecule has 0 aromatic heterocycles. The highest BCUT2D eigenvalue weighted by atomic mass is 127. The molecular weight excluding hydrogens is 337 g/mol. The van der Waals surface area contributed by atoms with Gasteiger partial charge in [-0.3, -0.25) is 0 Å². The molecule has 0 saturated heterocycles. The fourth-order valence-electron chi connectivity index (χ4n) is 2.01. The summed E-state index contributed by atoms with van der Waals surface area (Å²) in [5, 5.41) is 3.37. The molecule has 2 rings (SSSR count). The molecule has 1 unspecified atom stereocenters. The second-order valence-corrected chi connectivity index (χ2v) is 5.18. The quantitative estimate of drug-likeness (QED) is 0.848. The van der Waals surface area contributed by atoms with E-state index in [2.05, 4.69) is 64.3 Å². The monoisotopic (exact) mass is 353 g/mol. The molecule has 0 bridgehead atoms. The summed E-state index contributed by atoms with van der Waals surface area (Å²) in [5.74, 6) is 0.886. The predicted molar refractivity (Wildman–Crippen MR) is 83.1 cm³/mol. The van der Waals surface area contributed by atoms with Crippen LogP contribution in [0.3, 0.4) is 0 Å². The largest absolute Gasteiger partial charge is 0.497 e. The zero-order valence-electron chi connectivity index (χ0n) is 10.5. The van der Waals surface area contributed by atoms with Crippen LogP contribution in [0.1, 0.15) is 17.2 Å². The highest BCUT2D eigenvalue weighted by molar-refractivity contribution is 14.1. The Morgan fingerprint density at radius 1 is 1.06 bits per heavy atom. The molecule has 0 radical (unpaired) electrons. The topological polar surface area (TPSA) is 21.3 Å². The van der Waals surface area contributed by atoms with Crippen LogP contribution < -0.4 is 10.1 Å². The van der Waals surface area contributed by atoms with Crippen LogP contribution in [0, 0.1) is 3.57 Å². The maximum absolute atomic E-state index is 5.19. The Morgan fingerprint density at radius 3 is 2.28 bits per heavy atom. The molecule has 94 valence electrons. The minimum Gasteiger partial charge on any atom is -0.497 e. The first-order valence-corrected chi connectivity index (χ1v) is 6.89. The van der Waals surface area contributed by atoms with Crippen LogP contribution in [-0.2, 0) is 0 Å². The van der Waals surface area contributed by atoms with Gasteiger partial charge in [0.15, 0.2) is 0 Å². The Labute approximate surface area is 122 Å². The van der Waals surface area contributed by atoms with Gasteiger partial charge in [-0.25, -0.2) is 0 Å². The van der Waals surface area contributed by atoms with E-state index in [0.29, 0.717) is 0 Å². The maximum atomic E-state index is 5.19. The Hall–Kier alpha value is -1.07. The molecule has 0 heterocycles. The van der Waals surface area contributed by atoms with Crippen molar-refractivity contribution in [2.45, 2.75) is 6.04 Å². The predicted octanol–water partition coefficient (Wildman–Crippen LogP) is 3.61. The number of rotatable bonds is 4. The SMILES string of the molecule is CNC(c1ccc(OC)cc1)c1ccccc1I. The zero-order valence-corrected chi connectivity index (χ0v) is 12.6. The molecule has 3 heteroatoms. The smallest absolute Gasteiger partial charge is 0.118 e. The number of ether oxygens (including phenoxy) is 1. The first-order valence-electron chi connectivity index (χ1n) is 5.82. The fourth-order valence-corrected chi connectivity index (χ4v) is 2.71. The summed E-state index contributed by atoms with van der Waals surface area (Å²) in [6.45, 7) is 0. The highest BCUT2D eigenvalue weighted by Crippen LogP contribution is 2.27. The van der Waals surface area contributed by atoms with Crippen molar-refractivity contribution in [3.63, 3.8) is 0 Å². The van der Waals surface area contributed by atoms with Crippen LogP contribution in [0.15, 0.2) is 48.5 Å². The summed E-state index contributed by atoms with van der Waals surface area (Å²) in [4.78, 5) is 0. The number of methoxy groups -OCH3 is 1. The van der Waals surface area contributed by atoms with E-state index in [4.69, 9.17) is 4.74 Å². The molecule has 0 aliphatic carbocycles. The van der Waals surface area contributed by atoms with Crippen molar-refractivity contribution in [3.8, 4) is 5.75 Å². The first-order chi connectivity index (χ1) is 8.76. The molecule has 18 heavy (non-hydrogen) atoms. The van der Waals surface area contributed by atoms with Gasteiger partial charge in [-0.05, 0) is 59.0 Å². The molecule has 1 N–H and O–H groups in total. The Balaban J connectivity index is 2.36. The number of nitrogens with one attached hydrogen (secondary N) is 1. The third kappa shape index (κ3) is 2.84. The molecule has 2 aromatic rings. The molecule has 1 atom stereocenters. The highest BCUT2D eigenvalue weighted by Gasteiger charge is 2.14. The van der Waals surface area contributed by atoms with Crippen LogP contribution in [0.4, 0.5) is 0 Å². The van der Waals surface area contributed by atoms with Gasteiger partial charge >= 0.3 is 0 Å². The Morgan fingerprint density at radius 2 is 1.72 bits per heavy atom. The second kappa shape index (κ2) is 6.20. The second-order valence-electron chi connectivity index (χ2n) is 4.02. The van der Waals surface area contributed by atoms with Crippen molar-refractivity contribution in [2.75, 3.05) is 14.2 Å². The van der Waals surface area contributed by atoms with E-state index in [-0.39, 0.29) is 6.04 Å². The third-order valence-electron chi connectivity index (χ3n) is 2.95. The molecule has 2 aromatic carbocycles. The van der Waals surface area contributed by atoms with Gasteiger partial charge in [0.25, 0.3) is 0 Å². The minimum atomic E-state index is 0.212. The van der Waals surface area contributed by atoms with E-state index in [1.807, 2.05) is 19.2 Å². The fraction of sp³-hybridized carbons (Fsp3) is 0.200. The zero-order chi connectivity index (χ0) is 13.0. The molecule has 0 fully saturated rings. The summed E-state index contributed by atoms with van der Waals surface area (Å²) in [6, 6.07) is 16.8. The van der Waals surface area contributed by atoms with Crippen LogP contribution in [-0.4, -0.2) is 14.2 Å². The van der Waals surface area contributed by atoms with E-state index in [9.17, 15) is 0 Å². The van der Waals surface area contributed by atoms with Crippen LogP contribution in [0.5, 0.6) is 5.75 Å². The molecule has 0 aliphatic rings. The van der Waals surface area contributed by atoms with Gasteiger partial charge in [-0.2, -0.15) is 0 Å².